The third-order valence-electron chi connectivity index (χ3n) is 4.00. The molecule has 5 heteroatoms. The van der Waals surface area contributed by atoms with Crippen LogP contribution in [0.4, 0.5) is 0 Å². The standard InChI is InChI=1S/C16H20N4O/c1-17-9-12-7-8-20(11-12)16(21)14-10-18-19-15(14)13-5-3-2-4-6-13/h2-6,10,12,17H,7-9,11H2,1H3,(H,18,19)/t12-/m0/s1. The van der Waals surface area contributed by atoms with E-state index in [9.17, 15) is 4.79 Å². The molecule has 0 unspecified atom stereocenters. The molecule has 5 nitrogen and oxygen atoms in total. The molecule has 0 radical (unpaired) electrons. The van der Waals surface area contributed by atoms with Gasteiger partial charge in [0, 0.05) is 18.7 Å². The number of rotatable bonds is 4. The minimum atomic E-state index is 0.0706. The zero-order valence-corrected chi connectivity index (χ0v) is 12.2. The van der Waals surface area contributed by atoms with Gasteiger partial charge in [0.25, 0.3) is 5.91 Å². The second-order valence-corrected chi connectivity index (χ2v) is 5.49. The summed E-state index contributed by atoms with van der Waals surface area (Å²) in [5.41, 5.74) is 2.45. The van der Waals surface area contributed by atoms with Crippen LogP contribution in [0.25, 0.3) is 11.3 Å². The molecule has 0 bridgehead atoms. The maximum absolute atomic E-state index is 12.7. The number of carbonyl (C=O) groups excluding carboxylic acids is 1. The van der Waals surface area contributed by atoms with Crippen molar-refractivity contribution in [3.63, 3.8) is 0 Å². The summed E-state index contributed by atoms with van der Waals surface area (Å²) < 4.78 is 0. The van der Waals surface area contributed by atoms with Gasteiger partial charge in [-0.15, -0.1) is 0 Å². The number of nitrogens with zero attached hydrogens (tertiary/aromatic N) is 2. The van der Waals surface area contributed by atoms with Gasteiger partial charge < -0.3 is 10.2 Å². The highest BCUT2D eigenvalue weighted by atomic mass is 16.2. The number of amides is 1. The SMILES string of the molecule is CNC[C@@H]1CCN(C(=O)c2cn[nH]c2-c2ccccc2)C1. The number of H-pyrrole nitrogens is 1. The van der Waals surface area contributed by atoms with E-state index in [1.807, 2.05) is 42.3 Å². The maximum atomic E-state index is 12.7. The van der Waals surface area contributed by atoms with Crippen molar-refractivity contribution in [2.24, 2.45) is 5.92 Å². The normalized spacial score (nSPS) is 18.1. The zero-order chi connectivity index (χ0) is 14.7. The van der Waals surface area contributed by atoms with Gasteiger partial charge in [-0.3, -0.25) is 9.89 Å². The van der Waals surface area contributed by atoms with E-state index in [0.29, 0.717) is 11.5 Å². The molecule has 1 atom stereocenters. The molecule has 3 rings (SSSR count). The topological polar surface area (TPSA) is 61.0 Å². The minimum Gasteiger partial charge on any atom is -0.338 e. The highest BCUT2D eigenvalue weighted by molar-refractivity contribution is 5.99. The second kappa shape index (κ2) is 6.10. The molecule has 110 valence electrons. The van der Waals surface area contributed by atoms with E-state index in [1.54, 1.807) is 6.20 Å². The third-order valence-corrected chi connectivity index (χ3v) is 4.00. The van der Waals surface area contributed by atoms with Crippen molar-refractivity contribution < 1.29 is 4.79 Å². The van der Waals surface area contributed by atoms with Crippen LogP contribution in [0.2, 0.25) is 0 Å². The molecule has 2 aromatic rings. The molecular weight excluding hydrogens is 264 g/mol. The van der Waals surface area contributed by atoms with Crippen molar-refractivity contribution in [2.45, 2.75) is 6.42 Å². The first-order chi connectivity index (χ1) is 10.3. The van der Waals surface area contributed by atoms with Gasteiger partial charge in [-0.1, -0.05) is 30.3 Å². The van der Waals surface area contributed by atoms with Crippen molar-refractivity contribution in [1.82, 2.24) is 20.4 Å². The van der Waals surface area contributed by atoms with Crippen molar-refractivity contribution in [3.8, 4) is 11.3 Å². The molecule has 21 heavy (non-hydrogen) atoms. The van der Waals surface area contributed by atoms with Crippen LogP contribution in [0.1, 0.15) is 16.8 Å². The highest BCUT2D eigenvalue weighted by Crippen LogP contribution is 2.24. The van der Waals surface area contributed by atoms with Crippen LogP contribution >= 0.6 is 0 Å². The molecule has 1 amide bonds. The minimum absolute atomic E-state index is 0.0706. The van der Waals surface area contributed by atoms with Crippen LogP contribution in [0.5, 0.6) is 0 Å². The first-order valence-electron chi connectivity index (χ1n) is 7.32. The Bertz CT molecular complexity index is 608. The fourth-order valence-electron chi connectivity index (χ4n) is 2.92. The lowest BCUT2D eigenvalue weighted by atomic mass is 10.1. The Hall–Kier alpha value is -2.14. The van der Waals surface area contributed by atoms with E-state index in [-0.39, 0.29) is 5.91 Å². The Balaban J connectivity index is 1.79. The predicted octanol–water partition coefficient (Wildman–Crippen LogP) is 1.76. The van der Waals surface area contributed by atoms with E-state index in [1.165, 1.54) is 0 Å². The van der Waals surface area contributed by atoms with Crippen LogP contribution in [0.15, 0.2) is 36.5 Å². The Morgan fingerprint density at radius 1 is 1.43 bits per heavy atom. The fourth-order valence-corrected chi connectivity index (χ4v) is 2.92. The Kier molecular flexibility index (Phi) is 4.01. The summed E-state index contributed by atoms with van der Waals surface area (Å²) in [4.78, 5) is 14.6. The number of hydrogen-bond donors (Lipinski definition) is 2. The van der Waals surface area contributed by atoms with Crippen molar-refractivity contribution in [1.29, 1.82) is 0 Å². The maximum Gasteiger partial charge on any atom is 0.257 e. The van der Waals surface area contributed by atoms with E-state index in [0.717, 1.165) is 37.3 Å². The summed E-state index contributed by atoms with van der Waals surface area (Å²) in [6.45, 7) is 2.60. The predicted molar refractivity (Wildman–Crippen MR) is 82.0 cm³/mol. The number of benzene rings is 1. The summed E-state index contributed by atoms with van der Waals surface area (Å²) in [5.74, 6) is 0.618. The highest BCUT2D eigenvalue weighted by Gasteiger charge is 2.28. The largest absolute Gasteiger partial charge is 0.338 e. The lowest BCUT2D eigenvalue weighted by molar-refractivity contribution is 0.0788. The Morgan fingerprint density at radius 3 is 3.00 bits per heavy atom. The van der Waals surface area contributed by atoms with Crippen molar-refractivity contribution in [3.05, 3.63) is 42.1 Å². The number of aromatic amines is 1. The first kappa shape index (κ1) is 13.8. The van der Waals surface area contributed by atoms with E-state index in [4.69, 9.17) is 0 Å². The lowest BCUT2D eigenvalue weighted by Crippen LogP contribution is -2.30. The van der Waals surface area contributed by atoms with E-state index in [2.05, 4.69) is 15.5 Å². The molecule has 0 spiro atoms. The number of hydrogen-bond acceptors (Lipinski definition) is 3. The number of nitrogens with one attached hydrogen (secondary N) is 2. The monoisotopic (exact) mass is 284 g/mol. The quantitative estimate of drug-likeness (QED) is 0.899. The smallest absolute Gasteiger partial charge is 0.257 e. The number of carbonyl (C=O) groups is 1. The molecule has 1 aliphatic heterocycles. The first-order valence-corrected chi connectivity index (χ1v) is 7.32. The van der Waals surface area contributed by atoms with Gasteiger partial charge in [0.05, 0.1) is 17.5 Å². The molecule has 1 fully saturated rings. The lowest BCUT2D eigenvalue weighted by Gasteiger charge is -2.16. The molecule has 1 aromatic heterocycles. The van der Waals surface area contributed by atoms with Crippen LogP contribution in [0, 0.1) is 5.92 Å². The van der Waals surface area contributed by atoms with Crippen LogP contribution in [-0.4, -0.2) is 47.7 Å². The Labute approximate surface area is 124 Å². The molecule has 0 aliphatic carbocycles. The summed E-state index contributed by atoms with van der Waals surface area (Å²) in [6, 6.07) is 9.85. The molecule has 1 saturated heterocycles. The molecular formula is C16H20N4O. The van der Waals surface area contributed by atoms with E-state index < -0.39 is 0 Å². The van der Waals surface area contributed by atoms with Gasteiger partial charge in [-0.25, -0.2) is 0 Å². The van der Waals surface area contributed by atoms with Crippen molar-refractivity contribution >= 4 is 5.91 Å². The van der Waals surface area contributed by atoms with Crippen molar-refractivity contribution in [2.75, 3.05) is 26.7 Å². The molecule has 1 aromatic carbocycles. The molecule has 2 N–H and O–H groups in total. The summed E-state index contributed by atoms with van der Waals surface area (Å²) in [7, 11) is 1.95. The number of likely N-dealkylation sites (tertiary alicyclic amines) is 1. The Morgan fingerprint density at radius 2 is 2.24 bits per heavy atom. The van der Waals surface area contributed by atoms with Gasteiger partial charge >= 0.3 is 0 Å². The average Bonchev–Trinajstić information content (AvgIpc) is 3.17. The fraction of sp³-hybridized carbons (Fsp3) is 0.375. The van der Waals surface area contributed by atoms with Gasteiger partial charge in [0.15, 0.2) is 0 Å². The molecule has 2 heterocycles. The second-order valence-electron chi connectivity index (χ2n) is 5.49. The molecule has 0 saturated carbocycles. The van der Waals surface area contributed by atoms with Crippen LogP contribution in [0.3, 0.4) is 0 Å². The van der Waals surface area contributed by atoms with Gasteiger partial charge in [0.2, 0.25) is 0 Å². The van der Waals surface area contributed by atoms with Crippen LogP contribution in [-0.2, 0) is 0 Å². The summed E-state index contributed by atoms with van der Waals surface area (Å²) in [6.07, 6.45) is 2.70. The summed E-state index contributed by atoms with van der Waals surface area (Å²) >= 11 is 0. The number of aromatic nitrogens is 2. The van der Waals surface area contributed by atoms with Crippen LogP contribution < -0.4 is 5.32 Å². The zero-order valence-electron chi connectivity index (χ0n) is 12.2. The van der Waals surface area contributed by atoms with E-state index >= 15 is 0 Å². The van der Waals surface area contributed by atoms with Gasteiger partial charge in [-0.05, 0) is 25.9 Å². The molecule has 1 aliphatic rings. The van der Waals surface area contributed by atoms with Gasteiger partial charge in [-0.2, -0.15) is 5.10 Å². The average molecular weight is 284 g/mol. The van der Waals surface area contributed by atoms with Gasteiger partial charge in [0.1, 0.15) is 0 Å². The summed E-state index contributed by atoms with van der Waals surface area (Å²) in [5, 5.41) is 10.2. The third kappa shape index (κ3) is 2.83.